The molecular weight excluding hydrogens is 424 g/mol. The van der Waals surface area contributed by atoms with Crippen molar-refractivity contribution in [3.8, 4) is 5.75 Å². The maximum absolute atomic E-state index is 12.8. The summed E-state index contributed by atoms with van der Waals surface area (Å²) in [5.74, 6) is 0.162. The third kappa shape index (κ3) is 4.04. The number of carbonyl (C=O) groups excluding carboxylic acids is 1. The number of allylic oxidation sites excluding steroid dienone is 1. The number of thioether (sulfide) groups is 1. The van der Waals surface area contributed by atoms with E-state index in [9.17, 15) is 4.79 Å². The summed E-state index contributed by atoms with van der Waals surface area (Å²) in [7, 11) is 0. The van der Waals surface area contributed by atoms with Crippen LogP contribution in [0.4, 0.5) is 0 Å². The first-order chi connectivity index (χ1) is 15.2. The molecule has 152 valence electrons. The van der Waals surface area contributed by atoms with E-state index in [1.165, 1.54) is 33.9 Å². The Morgan fingerprint density at radius 1 is 1.03 bits per heavy atom. The molecule has 1 aliphatic heterocycles. The zero-order chi connectivity index (χ0) is 21.2. The zero-order valence-electron chi connectivity index (χ0n) is 16.4. The van der Waals surface area contributed by atoms with E-state index in [1.54, 1.807) is 6.20 Å². The molecule has 1 fully saturated rings. The summed E-state index contributed by atoms with van der Waals surface area (Å²) in [4.78, 5) is 17.6. The highest BCUT2D eigenvalue weighted by Gasteiger charge is 2.38. The van der Waals surface area contributed by atoms with Crippen LogP contribution < -0.4 is 4.74 Å². The van der Waals surface area contributed by atoms with Gasteiger partial charge in [-0.25, -0.2) is 4.98 Å². The van der Waals surface area contributed by atoms with Crippen LogP contribution in [0.3, 0.4) is 0 Å². The van der Waals surface area contributed by atoms with Crippen LogP contribution in [0.1, 0.15) is 22.1 Å². The number of ether oxygens (including phenoxy) is 1. The number of carbonyl (C=O) groups is 1. The molecule has 3 aromatic carbocycles. The molecule has 0 amide bonds. The van der Waals surface area contributed by atoms with E-state index >= 15 is 0 Å². The van der Waals surface area contributed by atoms with Crippen molar-refractivity contribution in [2.24, 2.45) is 0 Å². The highest BCUT2D eigenvalue weighted by atomic mass is 32.2. The number of nitrogens with zero attached hydrogens (tertiary/aromatic N) is 1. The Kier molecular flexibility index (Phi) is 5.40. The van der Waals surface area contributed by atoms with Crippen molar-refractivity contribution in [2.45, 2.75) is 12.5 Å². The van der Waals surface area contributed by atoms with Gasteiger partial charge in [-0.1, -0.05) is 66.4 Å². The SMILES string of the molecule is N=C1S/C(=C\c2ccc(OCc3cccc4ccccc34)cc2)C(=O)[C@H]1c1nccs1. The fourth-order valence-corrected chi connectivity index (χ4v) is 5.39. The summed E-state index contributed by atoms with van der Waals surface area (Å²) in [5, 5.41) is 13.4. The second-order valence-electron chi connectivity index (χ2n) is 7.14. The second-order valence-corrected chi connectivity index (χ2v) is 9.15. The van der Waals surface area contributed by atoms with Crippen LogP contribution in [0.15, 0.2) is 83.2 Å². The van der Waals surface area contributed by atoms with Gasteiger partial charge in [-0.15, -0.1) is 11.3 Å². The van der Waals surface area contributed by atoms with Gasteiger partial charge in [-0.05, 0) is 40.1 Å². The van der Waals surface area contributed by atoms with Gasteiger partial charge in [0.25, 0.3) is 0 Å². The molecule has 1 aliphatic rings. The fourth-order valence-electron chi connectivity index (χ4n) is 3.58. The smallest absolute Gasteiger partial charge is 0.186 e. The van der Waals surface area contributed by atoms with E-state index in [-0.39, 0.29) is 5.78 Å². The second kappa shape index (κ2) is 8.49. The summed E-state index contributed by atoms with van der Waals surface area (Å²) in [6, 6.07) is 22.2. The van der Waals surface area contributed by atoms with Crippen molar-refractivity contribution in [3.63, 3.8) is 0 Å². The molecule has 0 spiro atoms. The van der Waals surface area contributed by atoms with Crippen molar-refractivity contribution in [1.29, 1.82) is 5.41 Å². The average molecular weight is 443 g/mol. The average Bonchev–Trinajstić information content (AvgIpc) is 3.41. The van der Waals surface area contributed by atoms with Gasteiger partial charge in [0, 0.05) is 11.6 Å². The topological polar surface area (TPSA) is 63.0 Å². The van der Waals surface area contributed by atoms with Crippen LogP contribution in [0.2, 0.25) is 0 Å². The lowest BCUT2D eigenvalue weighted by molar-refractivity contribution is -0.114. The van der Waals surface area contributed by atoms with Gasteiger partial charge in [0.2, 0.25) is 0 Å². The number of hydrogen-bond acceptors (Lipinski definition) is 6. The third-order valence-electron chi connectivity index (χ3n) is 5.14. The van der Waals surface area contributed by atoms with E-state index in [0.29, 0.717) is 21.6 Å². The number of nitrogens with one attached hydrogen (secondary N) is 1. The predicted octanol–water partition coefficient (Wildman–Crippen LogP) is 6.29. The van der Waals surface area contributed by atoms with E-state index in [4.69, 9.17) is 10.1 Å². The monoisotopic (exact) mass is 442 g/mol. The number of hydrogen-bond donors (Lipinski definition) is 1. The highest BCUT2D eigenvalue weighted by Crippen LogP contribution is 2.41. The molecule has 31 heavy (non-hydrogen) atoms. The molecule has 2 heterocycles. The number of benzene rings is 3. The largest absolute Gasteiger partial charge is 0.489 e. The number of aromatic nitrogens is 1. The van der Waals surface area contributed by atoms with Crippen molar-refractivity contribution >= 4 is 50.8 Å². The molecule has 4 nitrogen and oxygen atoms in total. The molecule has 0 unspecified atom stereocenters. The summed E-state index contributed by atoms with van der Waals surface area (Å²) in [6.07, 6.45) is 3.51. The molecule has 1 aromatic heterocycles. The first kappa shape index (κ1) is 19.7. The molecule has 4 aromatic rings. The molecule has 1 saturated heterocycles. The van der Waals surface area contributed by atoms with Gasteiger partial charge in [-0.2, -0.15) is 0 Å². The lowest BCUT2D eigenvalue weighted by atomic mass is 10.0. The Bertz CT molecular complexity index is 1290. The van der Waals surface area contributed by atoms with Gasteiger partial charge in [0.1, 0.15) is 23.3 Å². The van der Waals surface area contributed by atoms with Crippen molar-refractivity contribution < 1.29 is 9.53 Å². The van der Waals surface area contributed by atoms with Crippen molar-refractivity contribution in [3.05, 3.63) is 99.3 Å². The van der Waals surface area contributed by atoms with Gasteiger partial charge < -0.3 is 4.74 Å². The van der Waals surface area contributed by atoms with E-state index in [1.807, 2.05) is 53.9 Å². The molecule has 0 saturated carbocycles. The summed E-state index contributed by atoms with van der Waals surface area (Å²) in [5.41, 5.74) is 2.05. The molecule has 6 heteroatoms. The summed E-state index contributed by atoms with van der Waals surface area (Å²) >= 11 is 2.63. The quantitative estimate of drug-likeness (QED) is 0.369. The molecular formula is C25H18N2O2S2. The summed E-state index contributed by atoms with van der Waals surface area (Å²) < 4.78 is 6.00. The Morgan fingerprint density at radius 2 is 1.84 bits per heavy atom. The first-order valence-corrected chi connectivity index (χ1v) is 11.5. The molecule has 0 aliphatic carbocycles. The Labute approximate surface area is 188 Å². The van der Waals surface area contributed by atoms with Crippen LogP contribution in [0.25, 0.3) is 16.8 Å². The number of Topliss-reactive ketones (excluding diaryl/α,β-unsaturated/α-hetero) is 1. The van der Waals surface area contributed by atoms with Gasteiger partial charge in [0.05, 0.1) is 9.95 Å². The highest BCUT2D eigenvalue weighted by molar-refractivity contribution is 8.19. The van der Waals surface area contributed by atoms with E-state index in [0.717, 1.165) is 16.9 Å². The van der Waals surface area contributed by atoms with E-state index in [2.05, 4.69) is 29.2 Å². The van der Waals surface area contributed by atoms with Crippen LogP contribution in [0.5, 0.6) is 5.75 Å². The molecule has 1 N–H and O–H groups in total. The maximum atomic E-state index is 12.8. The molecule has 0 radical (unpaired) electrons. The molecule has 0 bridgehead atoms. The number of thiazole rings is 1. The standard InChI is InChI=1S/C25H18N2O2S2/c26-24-22(25-27-12-13-30-25)23(28)21(31-24)14-16-8-10-19(11-9-16)29-15-18-6-3-5-17-4-1-2-7-20(17)18/h1-14,22,26H,15H2/b21-14-,26-24?/t22-/m1/s1. The normalized spacial score (nSPS) is 17.5. The van der Waals surface area contributed by atoms with Gasteiger partial charge in [-0.3, -0.25) is 10.2 Å². The van der Waals surface area contributed by atoms with Gasteiger partial charge in [0.15, 0.2) is 5.78 Å². The van der Waals surface area contributed by atoms with Crippen LogP contribution in [-0.4, -0.2) is 15.8 Å². The molecule has 1 atom stereocenters. The zero-order valence-corrected chi connectivity index (χ0v) is 18.1. The number of fused-ring (bicyclic) bond motifs is 1. The minimum Gasteiger partial charge on any atom is -0.489 e. The minimum absolute atomic E-state index is 0.0544. The molecule has 5 rings (SSSR count). The lowest BCUT2D eigenvalue weighted by Crippen LogP contribution is -2.11. The third-order valence-corrected chi connectivity index (χ3v) is 6.97. The van der Waals surface area contributed by atoms with Crippen LogP contribution in [-0.2, 0) is 11.4 Å². The van der Waals surface area contributed by atoms with Crippen molar-refractivity contribution in [1.82, 2.24) is 4.98 Å². The Hall–Kier alpha value is -3.22. The van der Waals surface area contributed by atoms with Crippen molar-refractivity contribution in [2.75, 3.05) is 0 Å². The maximum Gasteiger partial charge on any atom is 0.186 e. The number of ketones is 1. The van der Waals surface area contributed by atoms with Crippen LogP contribution in [0, 0.1) is 5.41 Å². The Morgan fingerprint density at radius 3 is 2.65 bits per heavy atom. The Balaban J connectivity index is 1.29. The van der Waals surface area contributed by atoms with E-state index < -0.39 is 5.92 Å². The fraction of sp³-hybridized carbons (Fsp3) is 0.0800. The first-order valence-electron chi connectivity index (χ1n) is 9.80. The van der Waals surface area contributed by atoms with Crippen LogP contribution >= 0.6 is 23.1 Å². The summed E-state index contributed by atoms with van der Waals surface area (Å²) in [6.45, 7) is 0.489. The number of rotatable bonds is 5. The predicted molar refractivity (Wildman–Crippen MR) is 128 cm³/mol. The lowest BCUT2D eigenvalue weighted by Gasteiger charge is -2.09. The van der Waals surface area contributed by atoms with Gasteiger partial charge >= 0.3 is 0 Å². The minimum atomic E-state index is -0.556.